The molecule has 3 amide bonds. The average molecular weight is 585 g/mol. The van der Waals surface area contributed by atoms with Crippen molar-refractivity contribution in [3.05, 3.63) is 94.3 Å². The van der Waals surface area contributed by atoms with Crippen LogP contribution in [0, 0.1) is 18.6 Å². The largest absolute Gasteiger partial charge is 0.349 e. The monoisotopic (exact) mass is 584 g/mol. The molecule has 2 aliphatic heterocycles. The van der Waals surface area contributed by atoms with Crippen molar-refractivity contribution >= 4 is 23.4 Å². The lowest BCUT2D eigenvalue weighted by Gasteiger charge is -2.14. The van der Waals surface area contributed by atoms with Crippen LogP contribution in [-0.2, 0) is 6.54 Å². The summed E-state index contributed by atoms with van der Waals surface area (Å²) in [5.74, 6) is -1.96. The minimum atomic E-state index is -0.604. The first kappa shape index (κ1) is 28.2. The van der Waals surface area contributed by atoms with Crippen LogP contribution >= 0.6 is 0 Å². The van der Waals surface area contributed by atoms with Gasteiger partial charge in [0.05, 0.1) is 5.56 Å². The number of nitrogens with zero attached hydrogens (tertiary/aromatic N) is 2. The number of nitrogens with one attached hydrogen (secondary N) is 4. The summed E-state index contributed by atoms with van der Waals surface area (Å²) in [6, 6.07) is 12.9. The highest BCUT2D eigenvalue weighted by atomic mass is 19.1. The summed E-state index contributed by atoms with van der Waals surface area (Å²) in [5.41, 5.74) is 3.37. The molecule has 2 aliphatic rings. The molecule has 0 saturated carbocycles. The molecule has 6 rings (SSSR count). The Morgan fingerprint density at radius 2 is 1.74 bits per heavy atom. The van der Waals surface area contributed by atoms with Crippen LogP contribution in [0.15, 0.2) is 54.6 Å². The third-order valence-corrected chi connectivity index (χ3v) is 7.84. The minimum Gasteiger partial charge on any atom is -0.349 e. The van der Waals surface area contributed by atoms with Gasteiger partial charge in [-0.05, 0) is 86.4 Å². The van der Waals surface area contributed by atoms with Crippen LogP contribution in [0.5, 0.6) is 0 Å². The van der Waals surface area contributed by atoms with E-state index in [1.807, 2.05) is 0 Å². The van der Waals surface area contributed by atoms with Crippen LogP contribution in [0.4, 0.5) is 14.5 Å². The summed E-state index contributed by atoms with van der Waals surface area (Å²) >= 11 is 0. The maximum atomic E-state index is 15.4. The van der Waals surface area contributed by atoms with Crippen molar-refractivity contribution in [1.82, 2.24) is 25.5 Å². The SMILES string of the molecule is Cc1[nH]c(-c2ccc(-c3ccc(NC(=O)c4cccc(F)c4)cc3F)c3c2C(=O)NC3)nc1C(=O)NCCN1CCCC1. The number of imidazole rings is 1. The summed E-state index contributed by atoms with van der Waals surface area (Å²) in [6.45, 7) is 5.35. The molecule has 0 radical (unpaired) electrons. The number of benzene rings is 3. The van der Waals surface area contributed by atoms with Gasteiger partial charge in [0.2, 0.25) is 0 Å². The lowest BCUT2D eigenvalue weighted by Crippen LogP contribution is -2.33. The van der Waals surface area contributed by atoms with E-state index in [0.29, 0.717) is 40.3 Å². The van der Waals surface area contributed by atoms with Gasteiger partial charge in [0.1, 0.15) is 23.2 Å². The molecular formula is C32H30F2N6O3. The number of aromatic amines is 1. The Morgan fingerprint density at radius 3 is 2.51 bits per heavy atom. The normalized spacial score (nSPS) is 14.4. The van der Waals surface area contributed by atoms with Gasteiger partial charge < -0.3 is 25.8 Å². The number of likely N-dealkylation sites (tertiary alicyclic amines) is 1. The van der Waals surface area contributed by atoms with E-state index in [1.165, 1.54) is 43.2 Å². The van der Waals surface area contributed by atoms with Crippen LogP contribution in [0.1, 0.15) is 55.3 Å². The summed E-state index contributed by atoms with van der Waals surface area (Å²) in [5, 5.41) is 8.32. The number of aryl methyl sites for hydroxylation is 1. The average Bonchev–Trinajstić information content (AvgIpc) is 3.74. The molecule has 0 atom stereocenters. The smallest absolute Gasteiger partial charge is 0.271 e. The highest BCUT2D eigenvalue weighted by Crippen LogP contribution is 2.37. The third-order valence-electron chi connectivity index (χ3n) is 7.84. The summed E-state index contributed by atoms with van der Waals surface area (Å²) < 4.78 is 28.9. The second-order valence-corrected chi connectivity index (χ2v) is 10.7. The van der Waals surface area contributed by atoms with Crippen molar-refractivity contribution in [3.63, 3.8) is 0 Å². The molecule has 220 valence electrons. The molecule has 0 bridgehead atoms. The molecule has 1 fully saturated rings. The zero-order chi connectivity index (χ0) is 30.1. The van der Waals surface area contributed by atoms with E-state index in [9.17, 15) is 18.8 Å². The van der Waals surface area contributed by atoms with E-state index in [4.69, 9.17) is 0 Å². The van der Waals surface area contributed by atoms with Crippen LogP contribution in [0.25, 0.3) is 22.5 Å². The molecule has 1 saturated heterocycles. The van der Waals surface area contributed by atoms with E-state index in [0.717, 1.165) is 25.7 Å². The second-order valence-electron chi connectivity index (χ2n) is 10.7. The topological polar surface area (TPSA) is 119 Å². The first-order valence-electron chi connectivity index (χ1n) is 14.2. The van der Waals surface area contributed by atoms with E-state index >= 15 is 4.39 Å². The number of H-pyrrole nitrogens is 1. The molecule has 4 N–H and O–H groups in total. The summed E-state index contributed by atoms with van der Waals surface area (Å²) in [7, 11) is 0. The van der Waals surface area contributed by atoms with E-state index in [-0.39, 0.29) is 40.9 Å². The number of amides is 3. The molecule has 4 aromatic rings. The number of halogens is 2. The highest BCUT2D eigenvalue weighted by Gasteiger charge is 2.29. The minimum absolute atomic E-state index is 0.110. The van der Waals surface area contributed by atoms with E-state index < -0.39 is 17.5 Å². The van der Waals surface area contributed by atoms with Gasteiger partial charge in [-0.15, -0.1) is 0 Å². The zero-order valence-electron chi connectivity index (χ0n) is 23.5. The van der Waals surface area contributed by atoms with Crippen molar-refractivity contribution in [2.45, 2.75) is 26.3 Å². The van der Waals surface area contributed by atoms with E-state index in [1.54, 1.807) is 25.1 Å². The van der Waals surface area contributed by atoms with Crippen molar-refractivity contribution in [3.8, 4) is 22.5 Å². The number of fused-ring (bicyclic) bond motifs is 1. The molecule has 0 spiro atoms. The highest BCUT2D eigenvalue weighted by molar-refractivity contribution is 6.07. The maximum Gasteiger partial charge on any atom is 0.271 e. The molecule has 9 nitrogen and oxygen atoms in total. The van der Waals surface area contributed by atoms with Gasteiger partial charge in [0, 0.05) is 47.7 Å². The van der Waals surface area contributed by atoms with Crippen molar-refractivity contribution in [1.29, 1.82) is 0 Å². The Hall–Kier alpha value is -4.90. The zero-order valence-corrected chi connectivity index (χ0v) is 23.5. The summed E-state index contributed by atoms with van der Waals surface area (Å²) in [6.07, 6.45) is 2.36. The fourth-order valence-electron chi connectivity index (χ4n) is 5.67. The number of hydrogen-bond acceptors (Lipinski definition) is 5. The molecule has 3 heterocycles. The van der Waals surface area contributed by atoms with Gasteiger partial charge in [-0.25, -0.2) is 13.8 Å². The van der Waals surface area contributed by atoms with Crippen LogP contribution < -0.4 is 16.0 Å². The van der Waals surface area contributed by atoms with Crippen LogP contribution in [0.3, 0.4) is 0 Å². The number of carbonyl (C=O) groups is 3. The van der Waals surface area contributed by atoms with Gasteiger partial charge in [0.25, 0.3) is 17.7 Å². The number of anilines is 1. The lowest BCUT2D eigenvalue weighted by molar-refractivity contribution is 0.0942. The number of rotatable bonds is 8. The molecule has 3 aromatic carbocycles. The molecular weight excluding hydrogens is 554 g/mol. The molecule has 1 aromatic heterocycles. The first-order valence-corrected chi connectivity index (χ1v) is 14.2. The Balaban J connectivity index is 1.24. The first-order chi connectivity index (χ1) is 20.8. The van der Waals surface area contributed by atoms with Gasteiger partial charge in [-0.2, -0.15) is 0 Å². The molecule has 0 aliphatic carbocycles. The second kappa shape index (κ2) is 11.8. The molecule has 11 heteroatoms. The maximum absolute atomic E-state index is 15.4. The fourth-order valence-corrected chi connectivity index (χ4v) is 5.67. The van der Waals surface area contributed by atoms with Crippen LogP contribution in [0.2, 0.25) is 0 Å². The predicted octanol–water partition coefficient (Wildman–Crippen LogP) is 4.65. The van der Waals surface area contributed by atoms with Crippen molar-refractivity contribution < 1.29 is 23.2 Å². The standard InChI is InChI=1S/C32H30F2N6O3/c1-18-28(32(43)35-11-14-40-12-2-3-13-40)39-29(37-18)24-10-9-22(25-17-36-31(42)27(24)25)23-8-7-21(16-26(23)34)38-30(41)19-5-4-6-20(33)15-19/h4-10,15-16H,2-3,11-14,17H2,1H3,(H,35,43)(H,36,42)(H,37,39)(H,38,41). The van der Waals surface area contributed by atoms with E-state index in [2.05, 4.69) is 30.8 Å². The molecule has 0 unspecified atom stereocenters. The van der Waals surface area contributed by atoms with Gasteiger partial charge in [0.15, 0.2) is 0 Å². The van der Waals surface area contributed by atoms with Crippen LogP contribution in [-0.4, -0.2) is 58.8 Å². The molecule has 43 heavy (non-hydrogen) atoms. The van der Waals surface area contributed by atoms with Crippen molar-refractivity contribution in [2.75, 3.05) is 31.5 Å². The third kappa shape index (κ3) is 5.76. The Labute approximate surface area is 246 Å². The van der Waals surface area contributed by atoms with Gasteiger partial charge >= 0.3 is 0 Å². The number of aromatic nitrogens is 2. The Bertz CT molecular complexity index is 1750. The summed E-state index contributed by atoms with van der Waals surface area (Å²) in [4.78, 5) is 48.3. The Kier molecular flexibility index (Phi) is 7.73. The van der Waals surface area contributed by atoms with Crippen molar-refractivity contribution in [2.24, 2.45) is 0 Å². The Morgan fingerprint density at radius 1 is 0.977 bits per heavy atom. The fraction of sp³-hybridized carbons (Fsp3) is 0.250. The lowest BCUT2D eigenvalue weighted by atomic mass is 9.92. The quantitative estimate of drug-likeness (QED) is 0.240. The predicted molar refractivity (Wildman–Crippen MR) is 158 cm³/mol. The van der Waals surface area contributed by atoms with Gasteiger partial charge in [-0.1, -0.05) is 12.1 Å². The number of hydrogen-bond donors (Lipinski definition) is 4. The van der Waals surface area contributed by atoms with Gasteiger partial charge in [-0.3, -0.25) is 14.4 Å². The number of carbonyl (C=O) groups excluding carboxylic acids is 3.